The molecule has 0 saturated carbocycles. The number of hydrogen-bond acceptors (Lipinski definition) is 4. The number of nitrogens with two attached hydrogens (primary N) is 1. The number of ether oxygens (including phenoxy) is 1. The lowest BCUT2D eigenvalue weighted by molar-refractivity contribution is -0.113. The molecule has 104 valence electrons. The summed E-state index contributed by atoms with van der Waals surface area (Å²) < 4.78 is 5.24. The molecule has 0 aromatic heterocycles. The monoisotopic (exact) mass is 288 g/mol. The lowest BCUT2D eigenvalue weighted by Crippen LogP contribution is -2.13. The van der Waals surface area contributed by atoms with Crippen molar-refractivity contribution in [1.82, 2.24) is 0 Å². The van der Waals surface area contributed by atoms with Crippen LogP contribution in [0.15, 0.2) is 53.4 Å². The quantitative estimate of drug-likeness (QED) is 0.655. The van der Waals surface area contributed by atoms with Crippen LogP contribution in [0.25, 0.3) is 0 Å². The Bertz CT molecular complexity index is 585. The largest absolute Gasteiger partial charge is 0.496 e. The van der Waals surface area contributed by atoms with E-state index in [-0.39, 0.29) is 5.91 Å². The molecule has 0 atom stereocenters. The summed E-state index contributed by atoms with van der Waals surface area (Å²) in [4.78, 5) is 12.8. The Kier molecular flexibility index (Phi) is 4.90. The number of amides is 1. The highest BCUT2D eigenvalue weighted by molar-refractivity contribution is 8.00. The summed E-state index contributed by atoms with van der Waals surface area (Å²) in [5.74, 6) is 1.04. The molecule has 0 heterocycles. The topological polar surface area (TPSA) is 64.3 Å². The van der Waals surface area contributed by atoms with Gasteiger partial charge in [0.15, 0.2) is 0 Å². The van der Waals surface area contributed by atoms with Gasteiger partial charge in [-0.1, -0.05) is 12.1 Å². The number of carbonyl (C=O) groups is 1. The average Bonchev–Trinajstić information content (AvgIpc) is 2.48. The van der Waals surface area contributed by atoms with Gasteiger partial charge in [0.2, 0.25) is 5.91 Å². The maximum Gasteiger partial charge on any atom is 0.234 e. The number of hydrogen-bond donors (Lipinski definition) is 2. The molecule has 0 aliphatic heterocycles. The highest BCUT2D eigenvalue weighted by Gasteiger charge is 2.07. The highest BCUT2D eigenvalue weighted by atomic mass is 32.2. The Labute approximate surface area is 122 Å². The molecule has 0 radical (unpaired) electrons. The Hall–Kier alpha value is -2.14. The normalized spacial score (nSPS) is 10.1. The maximum absolute atomic E-state index is 11.9. The van der Waals surface area contributed by atoms with Gasteiger partial charge in [0.25, 0.3) is 0 Å². The maximum atomic E-state index is 11.9. The molecule has 0 bridgehead atoms. The zero-order chi connectivity index (χ0) is 14.4. The second-order valence-corrected chi connectivity index (χ2v) is 5.13. The van der Waals surface area contributed by atoms with Crippen LogP contribution in [-0.4, -0.2) is 18.8 Å². The number of carbonyl (C=O) groups excluding carboxylic acids is 1. The molecule has 2 rings (SSSR count). The summed E-state index contributed by atoms with van der Waals surface area (Å²) in [6, 6.07) is 14.7. The fourth-order valence-electron chi connectivity index (χ4n) is 1.64. The number of para-hydroxylation sites is 1. The van der Waals surface area contributed by atoms with Crippen LogP contribution in [0.1, 0.15) is 0 Å². The predicted molar refractivity (Wildman–Crippen MR) is 83.2 cm³/mol. The van der Waals surface area contributed by atoms with Crippen molar-refractivity contribution in [2.45, 2.75) is 4.90 Å². The number of anilines is 2. The second kappa shape index (κ2) is 6.86. The van der Waals surface area contributed by atoms with Crippen LogP contribution in [0.2, 0.25) is 0 Å². The molecule has 1 amide bonds. The summed E-state index contributed by atoms with van der Waals surface area (Å²) >= 11 is 1.44. The van der Waals surface area contributed by atoms with Crippen molar-refractivity contribution in [3.8, 4) is 5.75 Å². The Morgan fingerprint density at radius 2 is 1.90 bits per heavy atom. The molecular formula is C15H16N2O2S. The van der Waals surface area contributed by atoms with Gasteiger partial charge >= 0.3 is 0 Å². The van der Waals surface area contributed by atoms with Gasteiger partial charge in [-0.15, -0.1) is 11.8 Å². The zero-order valence-electron chi connectivity index (χ0n) is 11.1. The van der Waals surface area contributed by atoms with E-state index < -0.39 is 0 Å². The van der Waals surface area contributed by atoms with E-state index in [0.29, 0.717) is 11.4 Å². The van der Waals surface area contributed by atoms with Crippen LogP contribution >= 0.6 is 11.8 Å². The predicted octanol–water partition coefficient (Wildman–Crippen LogP) is 3.01. The van der Waals surface area contributed by atoms with Gasteiger partial charge < -0.3 is 15.8 Å². The molecule has 0 unspecified atom stereocenters. The van der Waals surface area contributed by atoms with Crippen LogP contribution in [0.5, 0.6) is 5.75 Å². The molecule has 20 heavy (non-hydrogen) atoms. The minimum atomic E-state index is -0.0642. The molecule has 2 aromatic carbocycles. The number of rotatable bonds is 5. The van der Waals surface area contributed by atoms with Crippen LogP contribution in [0.3, 0.4) is 0 Å². The molecule has 0 fully saturated rings. The van der Waals surface area contributed by atoms with E-state index in [2.05, 4.69) is 5.32 Å². The van der Waals surface area contributed by atoms with Crippen LogP contribution in [0.4, 0.5) is 11.4 Å². The van der Waals surface area contributed by atoms with E-state index in [0.717, 1.165) is 16.3 Å². The molecule has 0 aliphatic carbocycles. The smallest absolute Gasteiger partial charge is 0.234 e. The third-order valence-electron chi connectivity index (χ3n) is 2.62. The van der Waals surface area contributed by atoms with Gasteiger partial charge in [-0.25, -0.2) is 0 Å². The van der Waals surface area contributed by atoms with Gasteiger partial charge in [-0.3, -0.25) is 4.79 Å². The number of nitrogens with one attached hydrogen (secondary N) is 1. The average molecular weight is 288 g/mol. The summed E-state index contributed by atoms with van der Waals surface area (Å²) in [5.41, 5.74) is 7.01. The Morgan fingerprint density at radius 3 is 2.60 bits per heavy atom. The zero-order valence-corrected chi connectivity index (χ0v) is 11.9. The van der Waals surface area contributed by atoms with Crippen molar-refractivity contribution in [3.05, 3.63) is 48.5 Å². The highest BCUT2D eigenvalue weighted by Crippen LogP contribution is 2.28. The van der Waals surface area contributed by atoms with E-state index in [1.165, 1.54) is 11.8 Å². The summed E-state index contributed by atoms with van der Waals surface area (Å²) in [6.45, 7) is 0. The van der Waals surface area contributed by atoms with Crippen molar-refractivity contribution < 1.29 is 9.53 Å². The van der Waals surface area contributed by atoms with Gasteiger partial charge in [-0.2, -0.15) is 0 Å². The van der Waals surface area contributed by atoms with Gasteiger partial charge in [0.1, 0.15) is 5.75 Å². The van der Waals surface area contributed by atoms with Crippen molar-refractivity contribution >= 4 is 29.0 Å². The minimum absolute atomic E-state index is 0.0642. The lowest BCUT2D eigenvalue weighted by atomic mass is 10.3. The summed E-state index contributed by atoms with van der Waals surface area (Å²) in [7, 11) is 1.62. The van der Waals surface area contributed by atoms with Crippen LogP contribution in [0, 0.1) is 0 Å². The lowest BCUT2D eigenvalue weighted by Gasteiger charge is -2.08. The van der Waals surface area contributed by atoms with Crippen molar-refractivity contribution in [1.29, 1.82) is 0 Å². The molecule has 5 heteroatoms. The number of methoxy groups -OCH3 is 1. The van der Waals surface area contributed by atoms with E-state index in [9.17, 15) is 4.79 Å². The molecule has 4 nitrogen and oxygen atoms in total. The van der Waals surface area contributed by atoms with E-state index in [4.69, 9.17) is 10.5 Å². The molecule has 0 spiro atoms. The number of nitrogen functional groups attached to an aromatic ring is 1. The first-order valence-corrected chi connectivity index (χ1v) is 7.09. The Balaban J connectivity index is 1.90. The van der Waals surface area contributed by atoms with Gasteiger partial charge in [0, 0.05) is 16.3 Å². The SMILES string of the molecule is COc1ccccc1SCC(=O)Nc1ccc(N)cc1. The van der Waals surface area contributed by atoms with Crippen LogP contribution in [-0.2, 0) is 4.79 Å². The summed E-state index contributed by atoms with van der Waals surface area (Å²) in [6.07, 6.45) is 0. The standard InChI is InChI=1S/C15H16N2O2S/c1-19-13-4-2-3-5-14(13)20-10-15(18)17-12-8-6-11(16)7-9-12/h2-9H,10,16H2,1H3,(H,17,18). The third-order valence-corrected chi connectivity index (χ3v) is 3.68. The molecule has 2 aromatic rings. The van der Waals surface area contributed by atoms with Gasteiger partial charge in [0.05, 0.1) is 12.9 Å². The number of thioether (sulfide) groups is 1. The van der Waals surface area contributed by atoms with Crippen molar-refractivity contribution in [2.24, 2.45) is 0 Å². The van der Waals surface area contributed by atoms with Crippen molar-refractivity contribution in [3.63, 3.8) is 0 Å². The van der Waals surface area contributed by atoms with Crippen LogP contribution < -0.4 is 15.8 Å². The first-order valence-electron chi connectivity index (χ1n) is 6.10. The Morgan fingerprint density at radius 1 is 1.20 bits per heavy atom. The number of benzene rings is 2. The second-order valence-electron chi connectivity index (χ2n) is 4.11. The van der Waals surface area contributed by atoms with Crippen molar-refractivity contribution in [2.75, 3.05) is 23.9 Å². The van der Waals surface area contributed by atoms with E-state index in [1.54, 1.807) is 31.4 Å². The fourth-order valence-corrected chi connectivity index (χ4v) is 2.47. The molecule has 0 aliphatic rings. The van der Waals surface area contributed by atoms with Gasteiger partial charge in [-0.05, 0) is 36.4 Å². The fraction of sp³-hybridized carbons (Fsp3) is 0.133. The first-order chi connectivity index (χ1) is 9.69. The summed E-state index contributed by atoms with van der Waals surface area (Å²) in [5, 5.41) is 2.82. The molecule has 3 N–H and O–H groups in total. The minimum Gasteiger partial charge on any atom is -0.496 e. The van der Waals surface area contributed by atoms with E-state index >= 15 is 0 Å². The molecule has 0 saturated heterocycles. The third kappa shape index (κ3) is 3.93. The molecular weight excluding hydrogens is 272 g/mol. The van der Waals surface area contributed by atoms with E-state index in [1.807, 2.05) is 24.3 Å². The first kappa shape index (κ1) is 14.3.